The highest BCUT2D eigenvalue weighted by Gasteiger charge is 2.13. The Hall–Kier alpha value is -3.00. The summed E-state index contributed by atoms with van der Waals surface area (Å²) in [5.74, 6) is -0.415. The molecular formula is C16H18N4O4. The second-order valence-corrected chi connectivity index (χ2v) is 4.70. The van der Waals surface area contributed by atoms with Gasteiger partial charge in [0, 0.05) is 19.7 Å². The van der Waals surface area contributed by atoms with Crippen molar-refractivity contribution in [3.63, 3.8) is 0 Å². The van der Waals surface area contributed by atoms with Crippen LogP contribution in [0.5, 0.6) is 0 Å². The molecule has 126 valence electrons. The summed E-state index contributed by atoms with van der Waals surface area (Å²) in [6, 6.07) is 8.34. The molecule has 1 amide bonds. The zero-order valence-corrected chi connectivity index (χ0v) is 13.4. The Kier molecular flexibility index (Phi) is 6.21. The highest BCUT2D eigenvalue weighted by atomic mass is 16.5. The molecule has 0 atom stereocenters. The van der Waals surface area contributed by atoms with Gasteiger partial charge in [-0.1, -0.05) is 12.1 Å². The maximum atomic E-state index is 12.0. The molecule has 0 bridgehead atoms. The van der Waals surface area contributed by atoms with Crippen LogP contribution in [0.3, 0.4) is 0 Å². The van der Waals surface area contributed by atoms with Crippen molar-refractivity contribution in [1.82, 2.24) is 15.3 Å². The molecule has 8 nitrogen and oxygen atoms in total. The Labute approximate surface area is 139 Å². The molecule has 0 saturated carbocycles. The van der Waals surface area contributed by atoms with E-state index in [-0.39, 0.29) is 11.6 Å². The molecule has 2 aromatic rings. The van der Waals surface area contributed by atoms with Crippen molar-refractivity contribution in [2.45, 2.75) is 0 Å². The smallest absolute Gasteiger partial charge is 0.339 e. The molecule has 8 heteroatoms. The summed E-state index contributed by atoms with van der Waals surface area (Å²) >= 11 is 0. The molecule has 1 heterocycles. The zero-order chi connectivity index (χ0) is 17.4. The SMILES string of the molecule is COCCNC(=O)c1cc(Nc2ccccc2C(=O)OC)ncn1. The monoisotopic (exact) mass is 330 g/mol. The van der Waals surface area contributed by atoms with Gasteiger partial charge in [0.1, 0.15) is 17.8 Å². The Morgan fingerprint density at radius 3 is 2.71 bits per heavy atom. The fourth-order valence-electron chi connectivity index (χ4n) is 1.93. The molecular weight excluding hydrogens is 312 g/mol. The second kappa shape index (κ2) is 8.59. The number of benzene rings is 1. The number of carbonyl (C=O) groups excluding carboxylic acids is 2. The maximum absolute atomic E-state index is 12.0. The average Bonchev–Trinajstić information content (AvgIpc) is 2.62. The highest BCUT2D eigenvalue weighted by Crippen LogP contribution is 2.20. The highest BCUT2D eigenvalue weighted by molar-refractivity contribution is 5.96. The molecule has 1 aromatic carbocycles. The Morgan fingerprint density at radius 1 is 1.17 bits per heavy atom. The van der Waals surface area contributed by atoms with Gasteiger partial charge in [-0.05, 0) is 12.1 Å². The van der Waals surface area contributed by atoms with Crippen molar-refractivity contribution < 1.29 is 19.1 Å². The van der Waals surface area contributed by atoms with E-state index in [9.17, 15) is 9.59 Å². The van der Waals surface area contributed by atoms with Crippen LogP contribution in [0, 0.1) is 0 Å². The number of nitrogens with one attached hydrogen (secondary N) is 2. The van der Waals surface area contributed by atoms with Gasteiger partial charge in [-0.2, -0.15) is 0 Å². The lowest BCUT2D eigenvalue weighted by molar-refractivity contribution is 0.0601. The van der Waals surface area contributed by atoms with Crippen LogP contribution < -0.4 is 10.6 Å². The molecule has 0 aliphatic carbocycles. The molecule has 0 spiro atoms. The topological polar surface area (TPSA) is 102 Å². The van der Waals surface area contributed by atoms with Gasteiger partial charge < -0.3 is 20.1 Å². The molecule has 0 unspecified atom stereocenters. The van der Waals surface area contributed by atoms with Gasteiger partial charge in [0.2, 0.25) is 0 Å². The average molecular weight is 330 g/mol. The lowest BCUT2D eigenvalue weighted by Crippen LogP contribution is -2.27. The minimum absolute atomic E-state index is 0.208. The first-order chi connectivity index (χ1) is 11.7. The van der Waals surface area contributed by atoms with Gasteiger partial charge in [0.05, 0.1) is 25.0 Å². The van der Waals surface area contributed by atoms with E-state index in [0.29, 0.717) is 30.2 Å². The number of carbonyl (C=O) groups is 2. The van der Waals surface area contributed by atoms with Crippen molar-refractivity contribution >= 4 is 23.4 Å². The van der Waals surface area contributed by atoms with Crippen LogP contribution in [-0.2, 0) is 9.47 Å². The first-order valence-electron chi connectivity index (χ1n) is 7.19. The molecule has 0 fully saturated rings. The van der Waals surface area contributed by atoms with Crippen molar-refractivity contribution in [1.29, 1.82) is 0 Å². The number of nitrogens with zero attached hydrogens (tertiary/aromatic N) is 2. The van der Waals surface area contributed by atoms with E-state index in [1.807, 2.05) is 0 Å². The molecule has 0 saturated heterocycles. The standard InChI is InChI=1S/C16H18N4O4/c1-23-8-7-17-15(21)13-9-14(19-10-18-13)20-12-6-4-3-5-11(12)16(22)24-2/h3-6,9-10H,7-8H2,1-2H3,(H,17,21)(H,18,19,20). The number of methoxy groups -OCH3 is 2. The minimum Gasteiger partial charge on any atom is -0.465 e. The van der Waals surface area contributed by atoms with Crippen LogP contribution >= 0.6 is 0 Å². The van der Waals surface area contributed by atoms with Crippen LogP contribution in [-0.4, -0.2) is 49.2 Å². The third-order valence-electron chi connectivity index (χ3n) is 3.09. The van der Waals surface area contributed by atoms with Gasteiger partial charge in [0.15, 0.2) is 0 Å². The van der Waals surface area contributed by atoms with Gasteiger partial charge in [-0.3, -0.25) is 4.79 Å². The first kappa shape index (κ1) is 17.4. The zero-order valence-electron chi connectivity index (χ0n) is 13.4. The molecule has 0 aliphatic heterocycles. The van der Waals surface area contributed by atoms with Crippen LogP contribution in [0.2, 0.25) is 0 Å². The number of hydrogen-bond acceptors (Lipinski definition) is 7. The van der Waals surface area contributed by atoms with E-state index in [2.05, 4.69) is 20.6 Å². The van der Waals surface area contributed by atoms with Crippen molar-refractivity contribution in [3.05, 3.63) is 47.9 Å². The molecule has 24 heavy (non-hydrogen) atoms. The summed E-state index contributed by atoms with van der Waals surface area (Å²) in [7, 11) is 2.86. The van der Waals surface area contributed by atoms with Gasteiger partial charge in [-0.15, -0.1) is 0 Å². The molecule has 1 aromatic heterocycles. The summed E-state index contributed by atoms with van der Waals surface area (Å²) in [5, 5.41) is 5.67. The first-order valence-corrected chi connectivity index (χ1v) is 7.19. The van der Waals surface area contributed by atoms with Gasteiger partial charge in [-0.25, -0.2) is 14.8 Å². The molecule has 0 radical (unpaired) electrons. The number of para-hydroxylation sites is 1. The normalized spacial score (nSPS) is 10.1. The van der Waals surface area contributed by atoms with Crippen molar-refractivity contribution in [3.8, 4) is 0 Å². The number of amides is 1. The molecule has 0 aliphatic rings. The summed E-state index contributed by atoms with van der Waals surface area (Å²) < 4.78 is 9.62. The summed E-state index contributed by atoms with van der Waals surface area (Å²) in [4.78, 5) is 31.8. The predicted octanol–water partition coefficient (Wildman–Crippen LogP) is 1.38. The van der Waals surface area contributed by atoms with Crippen LogP contribution in [0.25, 0.3) is 0 Å². The van der Waals surface area contributed by atoms with Gasteiger partial charge >= 0.3 is 5.97 Å². The predicted molar refractivity (Wildman–Crippen MR) is 87.3 cm³/mol. The van der Waals surface area contributed by atoms with Crippen LogP contribution in [0.15, 0.2) is 36.7 Å². The van der Waals surface area contributed by atoms with E-state index in [0.717, 1.165) is 0 Å². The number of aromatic nitrogens is 2. The van der Waals surface area contributed by atoms with Gasteiger partial charge in [0.25, 0.3) is 5.91 Å². The fourth-order valence-corrected chi connectivity index (χ4v) is 1.93. The number of esters is 1. The van der Waals surface area contributed by atoms with E-state index >= 15 is 0 Å². The molecule has 2 rings (SSSR count). The third-order valence-corrected chi connectivity index (χ3v) is 3.09. The van der Waals surface area contributed by atoms with E-state index < -0.39 is 5.97 Å². The van der Waals surface area contributed by atoms with Crippen molar-refractivity contribution in [2.75, 3.05) is 32.7 Å². The summed E-state index contributed by atoms with van der Waals surface area (Å²) in [5.41, 5.74) is 1.10. The van der Waals surface area contributed by atoms with E-state index in [1.54, 1.807) is 31.4 Å². The largest absolute Gasteiger partial charge is 0.465 e. The molecule has 2 N–H and O–H groups in total. The van der Waals surface area contributed by atoms with Crippen LogP contribution in [0.4, 0.5) is 11.5 Å². The Balaban J connectivity index is 2.15. The fraction of sp³-hybridized carbons (Fsp3) is 0.250. The van der Waals surface area contributed by atoms with Crippen molar-refractivity contribution in [2.24, 2.45) is 0 Å². The number of rotatable bonds is 7. The lowest BCUT2D eigenvalue weighted by Gasteiger charge is -2.10. The number of anilines is 2. The Bertz CT molecular complexity index is 721. The number of ether oxygens (including phenoxy) is 2. The minimum atomic E-state index is -0.468. The summed E-state index contributed by atoms with van der Waals surface area (Å²) in [6.45, 7) is 0.793. The lowest BCUT2D eigenvalue weighted by atomic mass is 10.2. The Morgan fingerprint density at radius 2 is 1.96 bits per heavy atom. The quantitative estimate of drug-likeness (QED) is 0.584. The van der Waals surface area contributed by atoms with Crippen LogP contribution in [0.1, 0.15) is 20.8 Å². The third kappa shape index (κ3) is 4.50. The second-order valence-electron chi connectivity index (χ2n) is 4.70. The van der Waals surface area contributed by atoms with E-state index in [4.69, 9.17) is 9.47 Å². The number of hydrogen-bond donors (Lipinski definition) is 2. The maximum Gasteiger partial charge on any atom is 0.339 e. The van der Waals surface area contributed by atoms with E-state index in [1.165, 1.54) is 19.5 Å². The summed E-state index contributed by atoms with van der Waals surface area (Å²) in [6.07, 6.45) is 1.27.